The van der Waals surface area contributed by atoms with Crippen molar-refractivity contribution in [1.82, 2.24) is 9.88 Å². The number of ether oxygens (including phenoxy) is 1. The van der Waals surface area contributed by atoms with E-state index in [4.69, 9.17) is 9.72 Å². The minimum atomic E-state index is 0. The van der Waals surface area contributed by atoms with E-state index in [-0.39, 0.29) is 18.3 Å². The summed E-state index contributed by atoms with van der Waals surface area (Å²) in [6.45, 7) is 1.45. The first-order valence-electron chi connectivity index (χ1n) is 10.2. The van der Waals surface area contributed by atoms with Gasteiger partial charge < -0.3 is 9.64 Å². The zero-order valence-electron chi connectivity index (χ0n) is 18.9. The third-order valence-electron chi connectivity index (χ3n) is 4.75. The Morgan fingerprint density at radius 2 is 1.81 bits per heavy atom. The summed E-state index contributed by atoms with van der Waals surface area (Å²) in [7, 11) is 5.72. The quantitative estimate of drug-likeness (QED) is 0.235. The molecule has 0 saturated carbocycles. The van der Waals surface area contributed by atoms with E-state index in [1.165, 1.54) is 9.79 Å². The van der Waals surface area contributed by atoms with E-state index < -0.39 is 0 Å². The molecule has 0 spiro atoms. The molecule has 2 aromatic carbocycles. The fourth-order valence-electron chi connectivity index (χ4n) is 2.98. The van der Waals surface area contributed by atoms with Crippen LogP contribution < -0.4 is 9.64 Å². The fraction of sp³-hybridized carbons (Fsp3) is 0.391. The Hall–Kier alpha value is -1.45. The lowest BCUT2D eigenvalue weighted by Crippen LogP contribution is -2.36. The number of rotatable bonds is 11. The smallest absolute Gasteiger partial charge is 0.228 e. The molecule has 0 N–H and O–H groups in total. The molecule has 1 heterocycles. The van der Waals surface area contributed by atoms with Gasteiger partial charge in [-0.15, -0.1) is 35.9 Å². The molecule has 1 aromatic heterocycles. The molecule has 32 heavy (non-hydrogen) atoms. The number of anilines is 1. The van der Waals surface area contributed by atoms with Crippen molar-refractivity contribution >= 4 is 68.5 Å². The lowest BCUT2D eigenvalue weighted by molar-refractivity contribution is -0.118. The average Bonchev–Trinajstić information content (AvgIpc) is 3.19. The molecule has 0 aliphatic heterocycles. The predicted octanol–water partition coefficient (Wildman–Crippen LogP) is 5.92. The topological polar surface area (TPSA) is 45.7 Å². The lowest BCUT2D eigenvalue weighted by Gasteiger charge is -2.22. The summed E-state index contributed by atoms with van der Waals surface area (Å²) in [5.74, 6) is 1.90. The van der Waals surface area contributed by atoms with Crippen LogP contribution in [0.3, 0.4) is 0 Å². The number of halogens is 1. The Balaban J connectivity index is 0.00000363. The standard InChI is InChI=1S/C23H29N3O2S3.ClH/c1-25(2)13-14-26(23-24-20-12-11-19(29-4)16-21(20)31-23)22(27)6-5-15-30-18-9-7-17(28-3)8-10-18;/h7-12,16H,5-6,13-15H2,1-4H3;1H. The van der Waals surface area contributed by atoms with Crippen molar-refractivity contribution in [3.63, 3.8) is 0 Å². The van der Waals surface area contributed by atoms with Crippen molar-refractivity contribution in [3.8, 4) is 5.75 Å². The van der Waals surface area contributed by atoms with Crippen LogP contribution in [0.4, 0.5) is 5.13 Å². The molecule has 0 unspecified atom stereocenters. The fourth-order valence-corrected chi connectivity index (χ4v) is 5.40. The van der Waals surface area contributed by atoms with Crippen molar-refractivity contribution in [3.05, 3.63) is 42.5 Å². The van der Waals surface area contributed by atoms with Crippen molar-refractivity contribution < 1.29 is 9.53 Å². The number of carbonyl (C=O) groups excluding carboxylic acids is 1. The summed E-state index contributed by atoms with van der Waals surface area (Å²) in [4.78, 5) is 24.2. The zero-order chi connectivity index (χ0) is 22.2. The third kappa shape index (κ3) is 7.56. The average molecular weight is 512 g/mol. The second kappa shape index (κ2) is 13.3. The highest BCUT2D eigenvalue weighted by molar-refractivity contribution is 7.99. The Labute approximate surface area is 209 Å². The number of amides is 1. The summed E-state index contributed by atoms with van der Waals surface area (Å²) in [5, 5.41) is 0.794. The summed E-state index contributed by atoms with van der Waals surface area (Å²) in [5.41, 5.74) is 0.954. The first kappa shape index (κ1) is 26.8. The van der Waals surface area contributed by atoms with Crippen LogP contribution in [0.1, 0.15) is 12.8 Å². The summed E-state index contributed by atoms with van der Waals surface area (Å²) in [6, 6.07) is 14.3. The highest BCUT2D eigenvalue weighted by Crippen LogP contribution is 2.32. The van der Waals surface area contributed by atoms with Gasteiger partial charge >= 0.3 is 0 Å². The van der Waals surface area contributed by atoms with Crippen LogP contribution in [0.5, 0.6) is 5.75 Å². The molecule has 9 heteroatoms. The number of methoxy groups -OCH3 is 1. The van der Waals surface area contributed by atoms with Gasteiger partial charge in [-0.25, -0.2) is 4.98 Å². The molecule has 0 fully saturated rings. The van der Waals surface area contributed by atoms with Crippen molar-refractivity contribution in [1.29, 1.82) is 0 Å². The molecule has 1 amide bonds. The number of fused-ring (bicyclic) bond motifs is 1. The molecular weight excluding hydrogens is 482 g/mol. The number of carbonyl (C=O) groups is 1. The second-order valence-corrected chi connectivity index (χ2v) is 10.4. The maximum absolute atomic E-state index is 13.1. The van der Waals surface area contributed by atoms with Gasteiger partial charge in [0.15, 0.2) is 5.13 Å². The van der Waals surface area contributed by atoms with Gasteiger partial charge in [0.2, 0.25) is 5.91 Å². The van der Waals surface area contributed by atoms with Gasteiger partial charge in [-0.05, 0) is 75.0 Å². The van der Waals surface area contributed by atoms with Crippen molar-refractivity contribution in [2.75, 3.05) is 51.2 Å². The molecule has 0 radical (unpaired) electrons. The number of thioether (sulfide) groups is 2. The van der Waals surface area contributed by atoms with Gasteiger partial charge in [0, 0.05) is 29.3 Å². The third-order valence-corrected chi connectivity index (χ3v) is 7.62. The van der Waals surface area contributed by atoms with Crippen LogP contribution >= 0.6 is 47.3 Å². The summed E-state index contributed by atoms with van der Waals surface area (Å²) in [6.07, 6.45) is 3.41. The molecule has 174 valence electrons. The second-order valence-electron chi connectivity index (χ2n) is 7.31. The first-order valence-corrected chi connectivity index (χ1v) is 13.2. The highest BCUT2D eigenvalue weighted by atomic mass is 35.5. The maximum atomic E-state index is 13.1. The predicted molar refractivity (Wildman–Crippen MR) is 143 cm³/mol. The summed E-state index contributed by atoms with van der Waals surface area (Å²) >= 11 is 5.08. The Bertz CT molecular complexity index is 996. The number of nitrogens with zero attached hydrogens (tertiary/aromatic N) is 3. The maximum Gasteiger partial charge on any atom is 0.228 e. The number of thiazole rings is 1. The number of benzene rings is 2. The SMILES string of the molecule is COc1ccc(SCCCC(=O)N(CCN(C)C)c2nc3ccc(SC)cc3s2)cc1.Cl. The normalized spacial score (nSPS) is 10.9. The lowest BCUT2D eigenvalue weighted by atomic mass is 10.3. The van der Waals surface area contributed by atoms with Crippen LogP contribution in [-0.4, -0.2) is 62.1 Å². The Morgan fingerprint density at radius 3 is 2.47 bits per heavy atom. The monoisotopic (exact) mass is 511 g/mol. The number of likely N-dealkylation sites (N-methyl/N-ethyl adjacent to an activating group) is 1. The van der Waals surface area contributed by atoms with Crippen molar-refractivity contribution in [2.45, 2.75) is 22.6 Å². The highest BCUT2D eigenvalue weighted by Gasteiger charge is 2.19. The van der Waals surface area contributed by atoms with E-state index in [0.717, 1.165) is 39.8 Å². The zero-order valence-corrected chi connectivity index (χ0v) is 22.1. The molecule has 0 aliphatic carbocycles. The van der Waals surface area contributed by atoms with Gasteiger partial charge in [-0.1, -0.05) is 11.3 Å². The van der Waals surface area contributed by atoms with Gasteiger partial charge in [-0.3, -0.25) is 9.69 Å². The minimum Gasteiger partial charge on any atom is -0.497 e. The molecule has 3 aromatic rings. The van der Waals surface area contributed by atoms with E-state index in [0.29, 0.717) is 13.0 Å². The van der Waals surface area contributed by atoms with Crippen molar-refractivity contribution in [2.24, 2.45) is 0 Å². The van der Waals surface area contributed by atoms with E-state index in [1.807, 2.05) is 37.2 Å². The first-order chi connectivity index (χ1) is 15.0. The van der Waals surface area contributed by atoms with Crippen LogP contribution in [0, 0.1) is 0 Å². The Kier molecular flexibility index (Phi) is 11.1. The van der Waals surface area contributed by atoms with E-state index in [9.17, 15) is 4.79 Å². The molecule has 3 rings (SSSR count). The van der Waals surface area contributed by atoms with Crippen LogP contribution in [0.2, 0.25) is 0 Å². The molecule has 0 aliphatic rings. The molecule has 0 bridgehead atoms. The minimum absolute atomic E-state index is 0. The number of hydrogen-bond acceptors (Lipinski definition) is 7. The van der Waals surface area contributed by atoms with Gasteiger partial charge in [0.1, 0.15) is 5.75 Å². The molecular formula is C23H30ClN3O2S3. The molecule has 5 nitrogen and oxygen atoms in total. The molecule has 0 atom stereocenters. The van der Waals surface area contributed by atoms with E-state index >= 15 is 0 Å². The Morgan fingerprint density at radius 1 is 1.09 bits per heavy atom. The van der Waals surface area contributed by atoms with Gasteiger partial charge in [-0.2, -0.15) is 0 Å². The van der Waals surface area contributed by atoms with Crippen LogP contribution in [-0.2, 0) is 4.79 Å². The number of aromatic nitrogens is 1. The number of hydrogen-bond donors (Lipinski definition) is 0. The van der Waals surface area contributed by atoms with Crippen LogP contribution in [0.25, 0.3) is 10.2 Å². The largest absolute Gasteiger partial charge is 0.497 e. The van der Waals surface area contributed by atoms with Crippen LogP contribution in [0.15, 0.2) is 52.3 Å². The van der Waals surface area contributed by atoms with E-state index in [1.54, 1.807) is 42.0 Å². The summed E-state index contributed by atoms with van der Waals surface area (Å²) < 4.78 is 6.32. The van der Waals surface area contributed by atoms with Gasteiger partial charge in [0.05, 0.1) is 17.3 Å². The van der Waals surface area contributed by atoms with Gasteiger partial charge in [0.25, 0.3) is 0 Å². The van der Waals surface area contributed by atoms with E-state index in [2.05, 4.69) is 35.4 Å². The molecule has 0 saturated heterocycles.